The van der Waals surface area contributed by atoms with Crippen molar-refractivity contribution in [1.82, 2.24) is 5.32 Å². The van der Waals surface area contributed by atoms with E-state index in [2.05, 4.69) is 11.4 Å². The number of nitro groups is 1. The zero-order chi connectivity index (χ0) is 14.8. The molecule has 1 unspecified atom stereocenters. The average molecular weight is 312 g/mol. The molecule has 0 aromatic heterocycles. The molecule has 6 nitrogen and oxygen atoms in total. The van der Waals surface area contributed by atoms with Gasteiger partial charge in [-0.15, -0.1) is 0 Å². The van der Waals surface area contributed by atoms with Crippen molar-refractivity contribution in [1.29, 1.82) is 5.26 Å². The lowest BCUT2D eigenvalue weighted by atomic mass is 10.0. The van der Waals surface area contributed by atoms with Crippen molar-refractivity contribution in [3.8, 4) is 6.07 Å². The second kappa shape index (κ2) is 5.69. The predicted octanol–water partition coefficient (Wildman–Crippen LogP) is 2.38. The number of hydrogen-bond acceptors (Lipinski definition) is 5. The van der Waals surface area contributed by atoms with Gasteiger partial charge in [-0.3, -0.25) is 14.9 Å². The summed E-state index contributed by atoms with van der Waals surface area (Å²) in [6, 6.07) is 6.12. The maximum Gasteiger partial charge on any atom is 0.288 e. The number of nitriles is 1. The minimum Gasteiger partial charge on any atom is -0.333 e. The van der Waals surface area contributed by atoms with Gasteiger partial charge in [-0.05, 0) is 18.2 Å². The van der Waals surface area contributed by atoms with E-state index < -0.39 is 16.4 Å². The van der Waals surface area contributed by atoms with E-state index >= 15 is 0 Å². The predicted molar refractivity (Wildman–Crippen MR) is 75.9 cm³/mol. The molecule has 0 saturated carbocycles. The SMILES string of the molecule is N#CC1(NC(=O)c2cccc([N+](=O)[O-])c2Cl)CCSC1. The van der Waals surface area contributed by atoms with Gasteiger partial charge in [0, 0.05) is 11.8 Å². The van der Waals surface area contributed by atoms with Crippen LogP contribution in [0.2, 0.25) is 5.02 Å². The number of nitrogens with one attached hydrogen (secondary N) is 1. The van der Waals surface area contributed by atoms with E-state index in [9.17, 15) is 20.2 Å². The Hall–Kier alpha value is -1.78. The molecular weight excluding hydrogens is 302 g/mol. The number of amides is 1. The van der Waals surface area contributed by atoms with Gasteiger partial charge < -0.3 is 5.32 Å². The fourth-order valence-corrected chi connectivity index (χ4v) is 3.45. The lowest BCUT2D eigenvalue weighted by Gasteiger charge is -2.21. The number of hydrogen-bond donors (Lipinski definition) is 1. The second-order valence-corrected chi connectivity index (χ2v) is 5.83. The summed E-state index contributed by atoms with van der Waals surface area (Å²) in [4.78, 5) is 22.3. The Kier molecular flexibility index (Phi) is 4.16. The first-order valence-electron chi connectivity index (χ1n) is 5.73. The fourth-order valence-electron chi connectivity index (χ4n) is 1.90. The van der Waals surface area contributed by atoms with Gasteiger partial charge in [0.1, 0.15) is 10.6 Å². The van der Waals surface area contributed by atoms with Gasteiger partial charge in [-0.1, -0.05) is 17.7 Å². The molecule has 1 aromatic rings. The van der Waals surface area contributed by atoms with Crippen LogP contribution in [0.4, 0.5) is 5.69 Å². The summed E-state index contributed by atoms with van der Waals surface area (Å²) < 4.78 is 0. The third-order valence-electron chi connectivity index (χ3n) is 3.01. The smallest absolute Gasteiger partial charge is 0.288 e. The molecule has 1 aromatic carbocycles. The van der Waals surface area contributed by atoms with E-state index in [0.717, 1.165) is 5.75 Å². The van der Waals surface area contributed by atoms with E-state index in [4.69, 9.17) is 11.6 Å². The van der Waals surface area contributed by atoms with Crippen molar-refractivity contribution in [2.24, 2.45) is 0 Å². The number of carbonyl (C=O) groups excluding carboxylic acids is 1. The molecule has 0 radical (unpaired) electrons. The first-order valence-corrected chi connectivity index (χ1v) is 7.27. The van der Waals surface area contributed by atoms with Gasteiger partial charge in [-0.25, -0.2) is 0 Å². The molecule has 1 heterocycles. The molecule has 1 amide bonds. The van der Waals surface area contributed by atoms with Crippen LogP contribution in [0.25, 0.3) is 0 Å². The topological polar surface area (TPSA) is 96.0 Å². The maximum absolute atomic E-state index is 12.2. The molecule has 1 N–H and O–H groups in total. The average Bonchev–Trinajstić information content (AvgIpc) is 2.87. The monoisotopic (exact) mass is 311 g/mol. The van der Waals surface area contributed by atoms with Crippen molar-refractivity contribution in [3.63, 3.8) is 0 Å². The van der Waals surface area contributed by atoms with Gasteiger partial charge >= 0.3 is 0 Å². The van der Waals surface area contributed by atoms with E-state index in [-0.39, 0.29) is 16.3 Å². The number of benzene rings is 1. The highest BCUT2D eigenvalue weighted by atomic mass is 35.5. The largest absolute Gasteiger partial charge is 0.333 e. The number of nitrogens with zero attached hydrogens (tertiary/aromatic N) is 2. The lowest BCUT2D eigenvalue weighted by molar-refractivity contribution is -0.384. The zero-order valence-corrected chi connectivity index (χ0v) is 11.8. The molecule has 104 valence electrons. The molecule has 1 aliphatic heterocycles. The summed E-state index contributed by atoms with van der Waals surface area (Å²) >= 11 is 7.46. The molecule has 8 heteroatoms. The van der Waals surface area contributed by atoms with Crippen molar-refractivity contribution in [2.75, 3.05) is 11.5 Å². The van der Waals surface area contributed by atoms with E-state index in [0.29, 0.717) is 12.2 Å². The highest BCUT2D eigenvalue weighted by Gasteiger charge is 2.37. The number of carbonyl (C=O) groups is 1. The van der Waals surface area contributed by atoms with Crippen LogP contribution in [0.1, 0.15) is 16.8 Å². The Morgan fingerprint density at radius 2 is 2.35 bits per heavy atom. The molecule has 1 atom stereocenters. The van der Waals surface area contributed by atoms with E-state index in [1.54, 1.807) is 11.8 Å². The highest BCUT2D eigenvalue weighted by Crippen LogP contribution is 2.30. The Balaban J connectivity index is 2.28. The second-order valence-electron chi connectivity index (χ2n) is 4.35. The van der Waals surface area contributed by atoms with Crippen molar-refractivity contribution in [3.05, 3.63) is 38.9 Å². The van der Waals surface area contributed by atoms with Crippen LogP contribution in [0.15, 0.2) is 18.2 Å². The maximum atomic E-state index is 12.2. The standard InChI is InChI=1S/C12H10ClN3O3S/c13-10-8(2-1-3-9(10)16(18)19)11(17)15-12(6-14)4-5-20-7-12/h1-3H,4-5,7H2,(H,15,17). The van der Waals surface area contributed by atoms with Gasteiger partial charge in [0.15, 0.2) is 0 Å². The lowest BCUT2D eigenvalue weighted by Crippen LogP contribution is -2.47. The molecular formula is C12H10ClN3O3S. The number of nitro benzene ring substituents is 1. The third-order valence-corrected chi connectivity index (χ3v) is 4.60. The van der Waals surface area contributed by atoms with Crippen LogP contribution in [0, 0.1) is 21.4 Å². The minimum absolute atomic E-state index is 0.00684. The van der Waals surface area contributed by atoms with E-state index in [1.807, 2.05) is 0 Å². The minimum atomic E-state index is -0.921. The first-order chi connectivity index (χ1) is 9.49. The summed E-state index contributed by atoms with van der Waals surface area (Å²) in [6.45, 7) is 0. The van der Waals surface area contributed by atoms with Gasteiger partial charge in [0.05, 0.1) is 16.6 Å². The summed E-state index contributed by atoms with van der Waals surface area (Å²) in [5.41, 5.74) is -1.24. The number of halogens is 1. The molecule has 2 rings (SSSR count). The van der Waals surface area contributed by atoms with Crippen LogP contribution in [0.3, 0.4) is 0 Å². The van der Waals surface area contributed by atoms with Gasteiger partial charge in [0.2, 0.25) is 0 Å². The van der Waals surface area contributed by atoms with Gasteiger partial charge in [0.25, 0.3) is 11.6 Å². The summed E-state index contributed by atoms with van der Waals surface area (Å²) in [7, 11) is 0. The van der Waals surface area contributed by atoms with E-state index in [1.165, 1.54) is 18.2 Å². The number of thioether (sulfide) groups is 1. The normalized spacial score (nSPS) is 21.2. The van der Waals surface area contributed by atoms with Crippen molar-refractivity contribution < 1.29 is 9.72 Å². The molecule has 1 fully saturated rings. The molecule has 1 saturated heterocycles. The quantitative estimate of drug-likeness (QED) is 0.683. The van der Waals surface area contributed by atoms with Crippen molar-refractivity contribution in [2.45, 2.75) is 12.0 Å². The first kappa shape index (κ1) is 14.6. The third kappa shape index (κ3) is 2.71. The summed E-state index contributed by atoms with van der Waals surface area (Å²) in [5, 5.41) is 22.4. The Morgan fingerprint density at radius 1 is 1.60 bits per heavy atom. The Morgan fingerprint density at radius 3 is 2.90 bits per heavy atom. The Bertz CT molecular complexity index is 608. The molecule has 20 heavy (non-hydrogen) atoms. The van der Waals surface area contributed by atoms with Crippen LogP contribution < -0.4 is 5.32 Å². The molecule has 0 bridgehead atoms. The van der Waals surface area contributed by atoms with Crippen LogP contribution in [-0.4, -0.2) is 27.9 Å². The molecule has 0 spiro atoms. The fraction of sp³-hybridized carbons (Fsp3) is 0.333. The van der Waals surface area contributed by atoms with Crippen LogP contribution >= 0.6 is 23.4 Å². The molecule has 0 aliphatic carbocycles. The van der Waals surface area contributed by atoms with Gasteiger partial charge in [-0.2, -0.15) is 17.0 Å². The summed E-state index contributed by atoms with van der Waals surface area (Å²) in [5.74, 6) is 0.723. The zero-order valence-electron chi connectivity index (χ0n) is 10.3. The Labute approximate surface area is 124 Å². The summed E-state index contributed by atoms with van der Waals surface area (Å²) in [6.07, 6.45) is 0.548. The van der Waals surface area contributed by atoms with Crippen LogP contribution in [0.5, 0.6) is 0 Å². The van der Waals surface area contributed by atoms with Crippen LogP contribution in [-0.2, 0) is 0 Å². The highest BCUT2D eigenvalue weighted by molar-refractivity contribution is 7.99. The number of rotatable bonds is 3. The molecule has 1 aliphatic rings. The van der Waals surface area contributed by atoms with Crippen molar-refractivity contribution >= 4 is 35.0 Å².